The first kappa shape index (κ1) is 21.0. The van der Waals surface area contributed by atoms with Crippen LogP contribution >= 0.6 is 0 Å². The van der Waals surface area contributed by atoms with Gasteiger partial charge < -0.3 is 19.3 Å². The van der Waals surface area contributed by atoms with E-state index in [-0.39, 0.29) is 5.97 Å². The summed E-state index contributed by atoms with van der Waals surface area (Å²) in [6.07, 6.45) is 7.13. The van der Waals surface area contributed by atoms with Crippen molar-refractivity contribution in [3.63, 3.8) is 0 Å². The normalized spacial score (nSPS) is 19.0. The fourth-order valence-corrected chi connectivity index (χ4v) is 3.65. The van der Waals surface area contributed by atoms with Crippen LogP contribution in [0.15, 0.2) is 12.4 Å². The number of aromatic nitrogens is 2. The van der Waals surface area contributed by atoms with E-state index >= 15 is 0 Å². The fraction of sp³-hybridized carbons (Fsp3) is 0.750. The molecule has 0 aliphatic carbocycles. The Balaban J connectivity index is 1.30. The SMILES string of the molecule is CCOC(=O)c1cnc(N2CCN(CCOCCN3CCCCC3)CC2)nc1. The third kappa shape index (κ3) is 6.39. The van der Waals surface area contributed by atoms with E-state index in [1.165, 1.54) is 32.4 Å². The number of ether oxygens (including phenoxy) is 2. The van der Waals surface area contributed by atoms with E-state index in [0.29, 0.717) is 18.1 Å². The molecule has 0 atom stereocenters. The van der Waals surface area contributed by atoms with Gasteiger partial charge in [-0.1, -0.05) is 6.42 Å². The number of carbonyl (C=O) groups is 1. The third-order valence-electron chi connectivity index (χ3n) is 5.36. The van der Waals surface area contributed by atoms with Gasteiger partial charge in [0.25, 0.3) is 0 Å². The van der Waals surface area contributed by atoms with Crippen molar-refractivity contribution in [2.45, 2.75) is 26.2 Å². The van der Waals surface area contributed by atoms with Crippen molar-refractivity contribution in [2.24, 2.45) is 0 Å². The van der Waals surface area contributed by atoms with Crippen molar-refractivity contribution in [2.75, 3.05) is 77.1 Å². The molecule has 0 bridgehead atoms. The summed E-state index contributed by atoms with van der Waals surface area (Å²) in [5, 5.41) is 0. The lowest BCUT2D eigenvalue weighted by atomic mass is 10.1. The number of hydrogen-bond acceptors (Lipinski definition) is 8. The highest BCUT2D eigenvalue weighted by Crippen LogP contribution is 2.11. The summed E-state index contributed by atoms with van der Waals surface area (Å²) in [5.41, 5.74) is 0.394. The molecule has 1 aromatic rings. The van der Waals surface area contributed by atoms with Crippen LogP contribution in [-0.2, 0) is 9.47 Å². The second-order valence-corrected chi connectivity index (χ2v) is 7.34. The lowest BCUT2D eigenvalue weighted by Gasteiger charge is -2.34. The van der Waals surface area contributed by atoms with E-state index in [1.807, 2.05) is 0 Å². The molecule has 0 N–H and O–H groups in total. The van der Waals surface area contributed by atoms with Crippen LogP contribution in [0.5, 0.6) is 0 Å². The van der Waals surface area contributed by atoms with Gasteiger partial charge in [-0.15, -0.1) is 0 Å². The van der Waals surface area contributed by atoms with Gasteiger partial charge in [0.05, 0.1) is 25.4 Å². The van der Waals surface area contributed by atoms with Crippen LogP contribution in [0.1, 0.15) is 36.5 Å². The number of anilines is 1. The lowest BCUT2D eigenvalue weighted by Crippen LogP contribution is -2.48. The van der Waals surface area contributed by atoms with Gasteiger partial charge in [0, 0.05) is 51.7 Å². The van der Waals surface area contributed by atoms with Gasteiger partial charge >= 0.3 is 5.97 Å². The number of piperidine rings is 1. The predicted molar refractivity (Wildman–Crippen MR) is 108 cm³/mol. The van der Waals surface area contributed by atoms with Crippen LogP contribution in [0, 0.1) is 0 Å². The average molecular weight is 392 g/mol. The summed E-state index contributed by atoms with van der Waals surface area (Å²) in [5.74, 6) is 0.296. The Labute approximate surface area is 167 Å². The molecule has 2 fully saturated rings. The predicted octanol–water partition coefficient (Wildman–Crippen LogP) is 1.28. The van der Waals surface area contributed by atoms with E-state index in [2.05, 4.69) is 24.7 Å². The zero-order chi connectivity index (χ0) is 19.6. The standard InChI is InChI=1S/C20H33N5O3/c1-2-28-19(26)18-16-21-20(22-17-18)25-10-8-24(9-11-25)13-15-27-14-12-23-6-4-3-5-7-23/h16-17H,2-15H2,1H3. The number of likely N-dealkylation sites (tertiary alicyclic amines) is 1. The summed E-state index contributed by atoms with van der Waals surface area (Å²) in [7, 11) is 0. The molecule has 28 heavy (non-hydrogen) atoms. The number of esters is 1. The molecule has 0 saturated carbocycles. The van der Waals surface area contributed by atoms with Crippen LogP contribution in [0.2, 0.25) is 0 Å². The van der Waals surface area contributed by atoms with Crippen LogP contribution in [0.4, 0.5) is 5.95 Å². The van der Waals surface area contributed by atoms with E-state index in [1.54, 1.807) is 19.3 Å². The molecule has 0 spiro atoms. The molecule has 0 aromatic carbocycles. The smallest absolute Gasteiger partial charge is 0.341 e. The summed E-state index contributed by atoms with van der Waals surface area (Å²) < 4.78 is 10.8. The summed E-state index contributed by atoms with van der Waals surface area (Å²) in [4.78, 5) is 27.4. The zero-order valence-corrected chi connectivity index (χ0v) is 17.0. The van der Waals surface area contributed by atoms with Gasteiger partial charge in [-0.05, 0) is 32.9 Å². The molecular formula is C20H33N5O3. The molecule has 0 amide bonds. The van der Waals surface area contributed by atoms with E-state index < -0.39 is 0 Å². The van der Waals surface area contributed by atoms with E-state index in [0.717, 1.165) is 52.5 Å². The lowest BCUT2D eigenvalue weighted by molar-refractivity contribution is 0.0525. The molecule has 0 unspecified atom stereocenters. The fourth-order valence-electron chi connectivity index (χ4n) is 3.65. The maximum Gasteiger partial charge on any atom is 0.341 e. The molecule has 1 aromatic heterocycles. The summed E-state index contributed by atoms with van der Waals surface area (Å²) >= 11 is 0. The van der Waals surface area contributed by atoms with Gasteiger partial charge in [0.15, 0.2) is 0 Å². The zero-order valence-electron chi connectivity index (χ0n) is 17.0. The molecule has 2 saturated heterocycles. The third-order valence-corrected chi connectivity index (χ3v) is 5.36. The first-order valence-corrected chi connectivity index (χ1v) is 10.5. The molecule has 2 aliphatic rings. The molecular weight excluding hydrogens is 358 g/mol. The quantitative estimate of drug-likeness (QED) is 0.461. The Kier molecular flexibility index (Phi) is 8.44. The monoisotopic (exact) mass is 391 g/mol. The summed E-state index contributed by atoms with van der Waals surface area (Å²) in [6, 6.07) is 0. The second-order valence-electron chi connectivity index (χ2n) is 7.34. The number of piperazine rings is 1. The minimum Gasteiger partial charge on any atom is -0.462 e. The molecule has 8 nitrogen and oxygen atoms in total. The average Bonchev–Trinajstić information content (AvgIpc) is 2.75. The number of carbonyl (C=O) groups excluding carboxylic acids is 1. The maximum atomic E-state index is 11.7. The molecule has 2 aliphatic heterocycles. The molecule has 0 radical (unpaired) electrons. The molecule has 3 heterocycles. The second kappa shape index (κ2) is 11.3. The van der Waals surface area contributed by atoms with Gasteiger partial charge in [-0.3, -0.25) is 4.90 Å². The van der Waals surface area contributed by atoms with Crippen LogP contribution < -0.4 is 4.90 Å². The largest absolute Gasteiger partial charge is 0.462 e. The summed E-state index contributed by atoms with van der Waals surface area (Å²) in [6.45, 7) is 12.0. The van der Waals surface area contributed by atoms with Crippen molar-refractivity contribution in [3.05, 3.63) is 18.0 Å². The minimum atomic E-state index is -0.376. The van der Waals surface area contributed by atoms with Crippen molar-refractivity contribution in [1.29, 1.82) is 0 Å². The molecule has 8 heteroatoms. The molecule has 156 valence electrons. The number of rotatable bonds is 9. The van der Waals surface area contributed by atoms with Crippen molar-refractivity contribution >= 4 is 11.9 Å². The van der Waals surface area contributed by atoms with Gasteiger partial charge in [0.2, 0.25) is 5.95 Å². The van der Waals surface area contributed by atoms with Gasteiger partial charge in [0.1, 0.15) is 0 Å². The minimum absolute atomic E-state index is 0.352. The van der Waals surface area contributed by atoms with E-state index in [4.69, 9.17) is 9.47 Å². The van der Waals surface area contributed by atoms with Crippen LogP contribution in [0.25, 0.3) is 0 Å². The Hall–Kier alpha value is -1.77. The highest BCUT2D eigenvalue weighted by Gasteiger charge is 2.19. The van der Waals surface area contributed by atoms with Crippen molar-refractivity contribution in [1.82, 2.24) is 19.8 Å². The Morgan fingerprint density at radius 1 is 0.929 bits per heavy atom. The number of hydrogen-bond donors (Lipinski definition) is 0. The van der Waals surface area contributed by atoms with Gasteiger partial charge in [-0.2, -0.15) is 0 Å². The van der Waals surface area contributed by atoms with Crippen molar-refractivity contribution in [3.8, 4) is 0 Å². The maximum absolute atomic E-state index is 11.7. The van der Waals surface area contributed by atoms with Crippen LogP contribution in [0.3, 0.4) is 0 Å². The Morgan fingerprint density at radius 3 is 2.14 bits per heavy atom. The Morgan fingerprint density at radius 2 is 1.54 bits per heavy atom. The number of nitrogens with zero attached hydrogens (tertiary/aromatic N) is 5. The first-order chi connectivity index (χ1) is 13.8. The highest BCUT2D eigenvalue weighted by atomic mass is 16.5. The van der Waals surface area contributed by atoms with Crippen LogP contribution in [-0.4, -0.2) is 97.9 Å². The highest BCUT2D eigenvalue weighted by molar-refractivity contribution is 5.88. The topological polar surface area (TPSA) is 71.0 Å². The van der Waals surface area contributed by atoms with Crippen molar-refractivity contribution < 1.29 is 14.3 Å². The van der Waals surface area contributed by atoms with Gasteiger partial charge in [-0.25, -0.2) is 14.8 Å². The first-order valence-electron chi connectivity index (χ1n) is 10.5. The molecule has 3 rings (SSSR count). The van der Waals surface area contributed by atoms with E-state index in [9.17, 15) is 4.79 Å². The Bertz CT molecular complexity index is 584.